The molecule has 0 aliphatic heterocycles. The molecule has 0 spiro atoms. The molecule has 0 aliphatic carbocycles. The minimum atomic E-state index is 0.563. The Kier molecular flexibility index (Phi) is 8.65. The summed E-state index contributed by atoms with van der Waals surface area (Å²) in [5, 5.41) is 1.24. The van der Waals surface area contributed by atoms with Gasteiger partial charge in [-0.05, 0) is 105 Å². The second-order valence-electron chi connectivity index (χ2n) is 10.4. The number of hydrogen-bond donors (Lipinski definition) is 0. The Labute approximate surface area is 232 Å². The lowest BCUT2D eigenvalue weighted by molar-refractivity contribution is 0.306. The molecule has 0 N–H and O–H groups in total. The van der Waals surface area contributed by atoms with Gasteiger partial charge in [0.25, 0.3) is 0 Å². The lowest BCUT2D eigenvalue weighted by atomic mass is 10.1. The number of ether oxygens (including phenoxy) is 2. The third-order valence-corrected chi connectivity index (χ3v) is 7.15. The van der Waals surface area contributed by atoms with Crippen molar-refractivity contribution in [3.63, 3.8) is 0 Å². The highest BCUT2D eigenvalue weighted by molar-refractivity contribution is 5.92. The van der Waals surface area contributed by atoms with Gasteiger partial charge in [-0.1, -0.05) is 60.7 Å². The Morgan fingerprint density at radius 2 is 1.26 bits per heavy atom. The maximum absolute atomic E-state index is 6.18. The van der Waals surface area contributed by atoms with Crippen LogP contribution in [-0.2, 0) is 19.8 Å². The second kappa shape index (κ2) is 12.7. The van der Waals surface area contributed by atoms with Crippen LogP contribution in [0.4, 0.5) is 0 Å². The van der Waals surface area contributed by atoms with Crippen molar-refractivity contribution < 1.29 is 9.47 Å². The quantitative estimate of drug-likeness (QED) is 0.156. The lowest BCUT2D eigenvalue weighted by Crippen LogP contribution is -2.13. The summed E-state index contributed by atoms with van der Waals surface area (Å²) in [7, 11) is 4.28. The molecule has 1 aromatic heterocycles. The number of rotatable bonds is 12. The van der Waals surface area contributed by atoms with E-state index in [0.29, 0.717) is 13.2 Å². The van der Waals surface area contributed by atoms with E-state index >= 15 is 0 Å². The van der Waals surface area contributed by atoms with Crippen LogP contribution >= 0.6 is 0 Å². The van der Waals surface area contributed by atoms with E-state index < -0.39 is 0 Å². The first-order valence-electron chi connectivity index (χ1n) is 13.8. The summed E-state index contributed by atoms with van der Waals surface area (Å²) in [6, 6.07) is 35.7. The summed E-state index contributed by atoms with van der Waals surface area (Å²) in [5.74, 6) is 1.78. The molecule has 4 nitrogen and oxygen atoms in total. The molecule has 200 valence electrons. The largest absolute Gasteiger partial charge is 0.489 e. The molecule has 0 saturated heterocycles. The zero-order valence-corrected chi connectivity index (χ0v) is 23.3. The van der Waals surface area contributed by atoms with Crippen LogP contribution in [-0.4, -0.2) is 30.1 Å². The molecule has 0 aliphatic rings. The molecular formula is C35H38N2O2. The minimum absolute atomic E-state index is 0.563. The van der Waals surface area contributed by atoms with Gasteiger partial charge >= 0.3 is 0 Å². The van der Waals surface area contributed by atoms with Crippen LogP contribution in [0.25, 0.3) is 22.2 Å². The molecule has 0 amide bonds. The molecule has 0 fully saturated rings. The SMILES string of the molecule is Cc1c(-c2ccc(OCc3ccccc3)cc2)n(CCCCN(C)C)c2ccc(OCc3ccccc3)cc12. The van der Waals surface area contributed by atoms with Gasteiger partial charge in [-0.3, -0.25) is 0 Å². The molecule has 4 heteroatoms. The molecule has 0 bridgehead atoms. The second-order valence-corrected chi connectivity index (χ2v) is 10.4. The first-order valence-corrected chi connectivity index (χ1v) is 13.8. The highest BCUT2D eigenvalue weighted by Gasteiger charge is 2.17. The first-order chi connectivity index (χ1) is 19.1. The van der Waals surface area contributed by atoms with E-state index in [9.17, 15) is 0 Å². The summed E-state index contributed by atoms with van der Waals surface area (Å²) in [4.78, 5) is 2.25. The molecule has 5 aromatic rings. The van der Waals surface area contributed by atoms with Gasteiger partial charge in [0.2, 0.25) is 0 Å². The molecule has 0 saturated carbocycles. The monoisotopic (exact) mass is 518 g/mol. The van der Waals surface area contributed by atoms with Gasteiger partial charge in [0.05, 0.1) is 5.69 Å². The van der Waals surface area contributed by atoms with Gasteiger partial charge in [-0.2, -0.15) is 0 Å². The number of hydrogen-bond acceptors (Lipinski definition) is 3. The summed E-state index contributed by atoms with van der Waals surface area (Å²) >= 11 is 0. The highest BCUT2D eigenvalue weighted by Crippen LogP contribution is 2.36. The standard InChI is InChI=1S/C35H38N2O2/c1-27-33-24-32(39-26-29-14-8-5-9-15-29)20-21-34(33)37(23-11-10-22-36(2)3)35(27)30-16-18-31(19-17-30)38-25-28-12-6-4-7-13-28/h4-9,12-21,24H,10-11,22-23,25-26H2,1-3H3. The van der Waals surface area contributed by atoms with Crippen LogP contribution < -0.4 is 9.47 Å². The molecule has 1 heterocycles. The van der Waals surface area contributed by atoms with E-state index in [0.717, 1.165) is 37.4 Å². The Morgan fingerprint density at radius 1 is 0.667 bits per heavy atom. The van der Waals surface area contributed by atoms with Crippen molar-refractivity contribution in [2.75, 3.05) is 20.6 Å². The predicted molar refractivity (Wildman–Crippen MR) is 161 cm³/mol. The van der Waals surface area contributed by atoms with Crippen molar-refractivity contribution in [2.45, 2.75) is 39.5 Å². The maximum atomic E-state index is 6.18. The van der Waals surface area contributed by atoms with E-state index in [2.05, 4.69) is 97.2 Å². The fourth-order valence-electron chi connectivity index (χ4n) is 5.08. The van der Waals surface area contributed by atoms with Crippen LogP contribution in [0.2, 0.25) is 0 Å². The van der Waals surface area contributed by atoms with Crippen molar-refractivity contribution in [3.05, 3.63) is 120 Å². The number of aromatic nitrogens is 1. The van der Waals surface area contributed by atoms with Crippen LogP contribution in [0.15, 0.2) is 103 Å². The summed E-state index contributed by atoms with van der Waals surface area (Å²) < 4.78 is 14.7. The van der Waals surface area contributed by atoms with Crippen molar-refractivity contribution in [1.82, 2.24) is 9.47 Å². The Bertz CT molecular complexity index is 1470. The maximum Gasteiger partial charge on any atom is 0.120 e. The Hall–Kier alpha value is -4.02. The molecule has 0 atom stereocenters. The smallest absolute Gasteiger partial charge is 0.120 e. The fourth-order valence-corrected chi connectivity index (χ4v) is 5.08. The molecule has 39 heavy (non-hydrogen) atoms. The van der Waals surface area contributed by atoms with Crippen LogP contribution in [0.5, 0.6) is 11.5 Å². The van der Waals surface area contributed by atoms with E-state index in [1.54, 1.807) is 0 Å². The van der Waals surface area contributed by atoms with Gasteiger partial charge in [0.1, 0.15) is 24.7 Å². The molecule has 5 rings (SSSR count). The van der Waals surface area contributed by atoms with E-state index in [1.807, 2.05) is 36.4 Å². The van der Waals surface area contributed by atoms with E-state index in [1.165, 1.54) is 38.9 Å². The van der Waals surface area contributed by atoms with Crippen molar-refractivity contribution in [1.29, 1.82) is 0 Å². The normalized spacial score (nSPS) is 11.3. The molecular weight excluding hydrogens is 480 g/mol. The third-order valence-electron chi connectivity index (χ3n) is 7.15. The molecule has 0 radical (unpaired) electrons. The zero-order chi connectivity index (χ0) is 27.0. The molecule has 4 aromatic carbocycles. The highest BCUT2D eigenvalue weighted by atomic mass is 16.5. The van der Waals surface area contributed by atoms with Crippen LogP contribution in [0.3, 0.4) is 0 Å². The average molecular weight is 519 g/mol. The molecule has 0 unspecified atom stereocenters. The number of benzene rings is 4. The van der Waals surface area contributed by atoms with Gasteiger partial charge in [-0.25, -0.2) is 0 Å². The predicted octanol–water partition coefficient (Wildman–Crippen LogP) is 8.12. The third kappa shape index (κ3) is 6.71. The van der Waals surface area contributed by atoms with Gasteiger partial charge in [-0.15, -0.1) is 0 Å². The van der Waals surface area contributed by atoms with E-state index in [4.69, 9.17) is 9.47 Å². The first kappa shape index (κ1) is 26.6. The van der Waals surface area contributed by atoms with Gasteiger partial charge in [0.15, 0.2) is 0 Å². The topological polar surface area (TPSA) is 26.6 Å². The summed E-state index contributed by atoms with van der Waals surface area (Å²) in [5.41, 5.74) is 7.34. The van der Waals surface area contributed by atoms with Gasteiger partial charge < -0.3 is 18.9 Å². The number of aryl methyl sites for hydroxylation is 2. The summed E-state index contributed by atoms with van der Waals surface area (Å²) in [6.07, 6.45) is 2.29. The minimum Gasteiger partial charge on any atom is -0.489 e. The number of nitrogens with zero attached hydrogens (tertiary/aromatic N) is 2. The van der Waals surface area contributed by atoms with Crippen molar-refractivity contribution in [2.24, 2.45) is 0 Å². The fraction of sp³-hybridized carbons (Fsp3) is 0.257. The zero-order valence-electron chi connectivity index (χ0n) is 23.3. The van der Waals surface area contributed by atoms with E-state index in [-0.39, 0.29) is 0 Å². The van der Waals surface area contributed by atoms with Crippen molar-refractivity contribution >= 4 is 10.9 Å². The van der Waals surface area contributed by atoms with Crippen molar-refractivity contribution in [3.8, 4) is 22.8 Å². The number of fused-ring (bicyclic) bond motifs is 1. The van der Waals surface area contributed by atoms with Gasteiger partial charge in [0, 0.05) is 17.4 Å². The average Bonchev–Trinajstić information content (AvgIpc) is 3.25. The Balaban J connectivity index is 1.41. The lowest BCUT2D eigenvalue weighted by Gasteiger charge is -2.14. The Morgan fingerprint density at radius 3 is 1.87 bits per heavy atom. The van der Waals surface area contributed by atoms with Crippen LogP contribution in [0, 0.1) is 6.92 Å². The summed E-state index contributed by atoms with van der Waals surface area (Å²) in [6.45, 7) is 5.43. The number of unbranched alkanes of at least 4 members (excludes halogenated alkanes) is 1. The van der Waals surface area contributed by atoms with Crippen LogP contribution in [0.1, 0.15) is 29.5 Å².